The van der Waals surface area contributed by atoms with Crippen molar-refractivity contribution in [3.63, 3.8) is 0 Å². The van der Waals surface area contributed by atoms with Gasteiger partial charge in [-0.1, -0.05) is 6.92 Å². The van der Waals surface area contributed by atoms with Gasteiger partial charge in [-0.2, -0.15) is 4.98 Å². The first-order valence-corrected chi connectivity index (χ1v) is 6.53. The molecule has 0 fully saturated rings. The molecule has 2 aromatic rings. The molecule has 0 saturated heterocycles. The first kappa shape index (κ1) is 13.6. The Balaban J connectivity index is 1.92. The fourth-order valence-corrected chi connectivity index (χ4v) is 1.77. The van der Waals surface area contributed by atoms with Crippen LogP contribution in [0.5, 0.6) is 0 Å². The van der Waals surface area contributed by atoms with E-state index < -0.39 is 0 Å². The predicted octanol–water partition coefficient (Wildman–Crippen LogP) is 1.54. The fourth-order valence-electron chi connectivity index (χ4n) is 1.77. The molecule has 0 aliphatic heterocycles. The minimum Gasteiger partial charge on any atom is -0.432 e. The standard InChI is InChI=1S/C13H21N5O/c1-4-5-14-8-11-10-19-13(16-11)18(3)9-12-15-6-7-17(12)2/h6-7,10,14H,4-5,8-9H2,1-3H3. The van der Waals surface area contributed by atoms with Crippen LogP contribution in [0.2, 0.25) is 0 Å². The van der Waals surface area contributed by atoms with Crippen molar-refractivity contribution in [2.24, 2.45) is 7.05 Å². The number of nitrogens with one attached hydrogen (secondary N) is 1. The Morgan fingerprint density at radius 3 is 3.00 bits per heavy atom. The van der Waals surface area contributed by atoms with Crippen LogP contribution in [0, 0.1) is 0 Å². The van der Waals surface area contributed by atoms with Crippen molar-refractivity contribution in [2.45, 2.75) is 26.4 Å². The van der Waals surface area contributed by atoms with Crippen molar-refractivity contribution >= 4 is 6.01 Å². The normalized spacial score (nSPS) is 10.9. The summed E-state index contributed by atoms with van der Waals surface area (Å²) in [5.74, 6) is 0.978. The third kappa shape index (κ3) is 3.57. The van der Waals surface area contributed by atoms with E-state index in [1.54, 1.807) is 12.5 Å². The van der Waals surface area contributed by atoms with Gasteiger partial charge in [-0.25, -0.2) is 4.98 Å². The van der Waals surface area contributed by atoms with Gasteiger partial charge in [0.2, 0.25) is 0 Å². The summed E-state index contributed by atoms with van der Waals surface area (Å²) < 4.78 is 7.47. The number of nitrogens with zero attached hydrogens (tertiary/aromatic N) is 4. The van der Waals surface area contributed by atoms with Crippen LogP contribution in [0.1, 0.15) is 24.9 Å². The number of imidazole rings is 1. The van der Waals surface area contributed by atoms with E-state index in [9.17, 15) is 0 Å². The lowest BCUT2D eigenvalue weighted by Crippen LogP contribution is -2.19. The van der Waals surface area contributed by atoms with Gasteiger partial charge in [0.15, 0.2) is 0 Å². The largest absolute Gasteiger partial charge is 0.432 e. The minimum atomic E-state index is 0.622. The zero-order chi connectivity index (χ0) is 13.7. The van der Waals surface area contributed by atoms with E-state index in [0.717, 1.165) is 31.0 Å². The lowest BCUT2D eigenvalue weighted by molar-refractivity contribution is 0.538. The smallest absolute Gasteiger partial charge is 0.297 e. The SMILES string of the molecule is CCCNCc1coc(N(C)Cc2nccn2C)n1. The van der Waals surface area contributed by atoms with Crippen LogP contribution in [0.3, 0.4) is 0 Å². The number of oxazole rings is 1. The Bertz CT molecular complexity index is 505. The average molecular weight is 263 g/mol. The summed E-state index contributed by atoms with van der Waals surface area (Å²) in [5.41, 5.74) is 0.926. The van der Waals surface area contributed by atoms with Gasteiger partial charge in [0, 0.05) is 33.0 Å². The van der Waals surface area contributed by atoms with Crippen molar-refractivity contribution < 1.29 is 4.42 Å². The molecule has 0 unspecified atom stereocenters. The van der Waals surface area contributed by atoms with Crippen LogP contribution in [-0.4, -0.2) is 28.1 Å². The monoisotopic (exact) mass is 263 g/mol. The number of hydrogen-bond acceptors (Lipinski definition) is 5. The highest BCUT2D eigenvalue weighted by Crippen LogP contribution is 2.14. The number of aromatic nitrogens is 3. The maximum Gasteiger partial charge on any atom is 0.297 e. The van der Waals surface area contributed by atoms with E-state index in [0.29, 0.717) is 12.6 Å². The summed E-state index contributed by atoms with van der Waals surface area (Å²) in [6.07, 6.45) is 6.54. The third-order valence-corrected chi connectivity index (χ3v) is 2.90. The predicted molar refractivity (Wildman–Crippen MR) is 73.8 cm³/mol. The number of hydrogen-bond donors (Lipinski definition) is 1. The highest BCUT2D eigenvalue weighted by molar-refractivity contribution is 5.25. The molecule has 0 amide bonds. The molecule has 2 aromatic heterocycles. The van der Waals surface area contributed by atoms with Gasteiger partial charge >= 0.3 is 0 Å². The number of aryl methyl sites for hydroxylation is 1. The lowest BCUT2D eigenvalue weighted by atomic mass is 10.4. The second-order valence-corrected chi connectivity index (χ2v) is 4.61. The van der Waals surface area contributed by atoms with Gasteiger partial charge in [-0.05, 0) is 13.0 Å². The molecule has 0 atom stereocenters. The van der Waals surface area contributed by atoms with Crippen molar-refractivity contribution in [3.05, 3.63) is 30.2 Å². The van der Waals surface area contributed by atoms with E-state index in [1.807, 2.05) is 29.8 Å². The molecule has 104 valence electrons. The van der Waals surface area contributed by atoms with Gasteiger partial charge in [-0.3, -0.25) is 0 Å². The molecular weight excluding hydrogens is 242 g/mol. The van der Waals surface area contributed by atoms with Gasteiger partial charge < -0.3 is 19.2 Å². The van der Waals surface area contributed by atoms with E-state index in [2.05, 4.69) is 22.2 Å². The third-order valence-electron chi connectivity index (χ3n) is 2.90. The van der Waals surface area contributed by atoms with Crippen LogP contribution in [0.15, 0.2) is 23.1 Å². The molecule has 1 N–H and O–H groups in total. The molecule has 0 spiro atoms. The Labute approximate surface area is 113 Å². The Morgan fingerprint density at radius 2 is 2.32 bits per heavy atom. The van der Waals surface area contributed by atoms with E-state index in [4.69, 9.17) is 4.42 Å². The molecule has 19 heavy (non-hydrogen) atoms. The molecule has 2 heterocycles. The zero-order valence-corrected chi connectivity index (χ0v) is 11.8. The summed E-state index contributed by atoms with van der Waals surface area (Å²) in [4.78, 5) is 10.7. The maximum absolute atomic E-state index is 5.48. The molecule has 0 aromatic carbocycles. The Morgan fingerprint density at radius 1 is 1.47 bits per heavy atom. The minimum absolute atomic E-state index is 0.622. The second-order valence-electron chi connectivity index (χ2n) is 4.61. The fraction of sp³-hybridized carbons (Fsp3) is 0.538. The van der Waals surface area contributed by atoms with E-state index in [1.165, 1.54) is 0 Å². The summed E-state index contributed by atoms with van der Waals surface area (Å²) >= 11 is 0. The molecule has 6 heteroatoms. The van der Waals surface area contributed by atoms with Gasteiger partial charge in [0.1, 0.15) is 12.1 Å². The molecule has 0 aliphatic rings. The highest BCUT2D eigenvalue weighted by atomic mass is 16.4. The van der Waals surface area contributed by atoms with Gasteiger partial charge in [0.05, 0.1) is 12.2 Å². The molecule has 0 saturated carbocycles. The lowest BCUT2D eigenvalue weighted by Gasteiger charge is -2.13. The summed E-state index contributed by atoms with van der Waals surface area (Å²) in [7, 11) is 3.93. The zero-order valence-electron chi connectivity index (χ0n) is 11.8. The number of anilines is 1. The molecular formula is C13H21N5O. The Hall–Kier alpha value is -1.82. The van der Waals surface area contributed by atoms with Crippen LogP contribution in [0.25, 0.3) is 0 Å². The van der Waals surface area contributed by atoms with Crippen LogP contribution in [0.4, 0.5) is 6.01 Å². The average Bonchev–Trinajstić information content (AvgIpc) is 3.00. The highest BCUT2D eigenvalue weighted by Gasteiger charge is 2.11. The van der Waals surface area contributed by atoms with Crippen molar-refractivity contribution in [3.8, 4) is 0 Å². The summed E-state index contributed by atoms with van der Waals surface area (Å²) in [5, 5.41) is 3.30. The first-order chi connectivity index (χ1) is 9.20. The van der Waals surface area contributed by atoms with Crippen molar-refractivity contribution in [2.75, 3.05) is 18.5 Å². The molecule has 2 rings (SSSR count). The summed E-state index contributed by atoms with van der Waals surface area (Å²) in [6, 6.07) is 0.622. The van der Waals surface area contributed by atoms with Crippen molar-refractivity contribution in [1.82, 2.24) is 19.9 Å². The molecule has 0 radical (unpaired) electrons. The van der Waals surface area contributed by atoms with E-state index in [-0.39, 0.29) is 0 Å². The van der Waals surface area contributed by atoms with E-state index >= 15 is 0 Å². The first-order valence-electron chi connectivity index (χ1n) is 6.53. The van der Waals surface area contributed by atoms with Gasteiger partial charge in [0.25, 0.3) is 6.01 Å². The maximum atomic E-state index is 5.48. The second kappa shape index (κ2) is 6.38. The summed E-state index contributed by atoms with van der Waals surface area (Å²) in [6.45, 7) is 4.55. The topological polar surface area (TPSA) is 59.1 Å². The number of rotatable bonds is 7. The molecule has 0 aliphatic carbocycles. The molecule has 6 nitrogen and oxygen atoms in total. The Kier molecular flexibility index (Phi) is 4.57. The quantitative estimate of drug-likeness (QED) is 0.768. The van der Waals surface area contributed by atoms with Crippen LogP contribution < -0.4 is 10.2 Å². The van der Waals surface area contributed by atoms with Crippen molar-refractivity contribution in [1.29, 1.82) is 0 Å². The van der Waals surface area contributed by atoms with Gasteiger partial charge in [-0.15, -0.1) is 0 Å². The molecule has 0 bridgehead atoms. The van der Waals surface area contributed by atoms with Crippen LogP contribution in [-0.2, 0) is 20.1 Å². The van der Waals surface area contributed by atoms with Crippen LogP contribution >= 0.6 is 0 Å².